The summed E-state index contributed by atoms with van der Waals surface area (Å²) in [5, 5.41) is 0. The van der Waals surface area contributed by atoms with Gasteiger partial charge in [0.25, 0.3) is 0 Å². The largest absolute Gasteiger partial charge is 0.345 e. The summed E-state index contributed by atoms with van der Waals surface area (Å²) in [5.41, 5.74) is 3.55. The normalized spacial score (nSPS) is 23.6. The molecule has 1 aliphatic rings. The van der Waals surface area contributed by atoms with Crippen molar-refractivity contribution in [2.45, 2.75) is 59.4 Å². The summed E-state index contributed by atoms with van der Waals surface area (Å²) < 4.78 is 2.39. The second kappa shape index (κ2) is 4.32. The maximum atomic E-state index is 11.0. The van der Waals surface area contributed by atoms with Crippen molar-refractivity contribution in [3.8, 4) is 0 Å². The lowest BCUT2D eigenvalue weighted by Crippen LogP contribution is -2.31. The third-order valence-electron chi connectivity index (χ3n) is 4.41. The van der Waals surface area contributed by atoms with Gasteiger partial charge in [0.05, 0.1) is 0 Å². The SMILES string of the molecule is Cc1cc(C=O)c(C)n1C1CCCCC1(C)C. The van der Waals surface area contributed by atoms with Crippen LogP contribution in [0.3, 0.4) is 0 Å². The topological polar surface area (TPSA) is 22.0 Å². The summed E-state index contributed by atoms with van der Waals surface area (Å²) in [6.07, 6.45) is 6.15. The van der Waals surface area contributed by atoms with Gasteiger partial charge in [-0.1, -0.05) is 26.7 Å². The molecule has 0 aliphatic heterocycles. The molecular weight excluding hydrogens is 210 g/mol. The van der Waals surface area contributed by atoms with Gasteiger partial charge in [0.2, 0.25) is 0 Å². The molecular formula is C15H23NO. The molecule has 2 nitrogen and oxygen atoms in total. The van der Waals surface area contributed by atoms with E-state index in [2.05, 4.69) is 32.3 Å². The van der Waals surface area contributed by atoms with Crippen LogP contribution in [-0.4, -0.2) is 10.9 Å². The maximum Gasteiger partial charge on any atom is 0.151 e. The first kappa shape index (κ1) is 12.4. The van der Waals surface area contributed by atoms with Crippen molar-refractivity contribution in [3.05, 3.63) is 23.0 Å². The summed E-state index contributed by atoms with van der Waals surface area (Å²) >= 11 is 0. The van der Waals surface area contributed by atoms with E-state index in [0.717, 1.165) is 17.5 Å². The van der Waals surface area contributed by atoms with Gasteiger partial charge in [-0.25, -0.2) is 0 Å². The van der Waals surface area contributed by atoms with Gasteiger partial charge in [-0.2, -0.15) is 0 Å². The fourth-order valence-electron chi connectivity index (χ4n) is 3.36. The molecule has 17 heavy (non-hydrogen) atoms. The van der Waals surface area contributed by atoms with Crippen LogP contribution in [0.25, 0.3) is 0 Å². The molecule has 1 aromatic rings. The van der Waals surface area contributed by atoms with E-state index in [1.54, 1.807) is 0 Å². The summed E-state index contributed by atoms with van der Waals surface area (Å²) in [4.78, 5) is 11.0. The Labute approximate surface area is 104 Å². The lowest BCUT2D eigenvalue weighted by molar-refractivity contribution is 0.112. The molecule has 2 rings (SSSR count). The van der Waals surface area contributed by atoms with E-state index in [4.69, 9.17) is 0 Å². The molecule has 0 radical (unpaired) electrons. The standard InChI is InChI=1S/C15H23NO/c1-11-9-13(10-17)12(2)16(11)14-7-5-6-8-15(14,3)4/h9-10,14H,5-8H2,1-4H3. The first-order valence-corrected chi connectivity index (χ1v) is 6.61. The number of aromatic nitrogens is 1. The third-order valence-corrected chi connectivity index (χ3v) is 4.41. The Kier molecular flexibility index (Phi) is 3.15. The number of rotatable bonds is 2. The van der Waals surface area contributed by atoms with Crippen molar-refractivity contribution in [1.82, 2.24) is 4.57 Å². The van der Waals surface area contributed by atoms with Gasteiger partial charge in [0, 0.05) is 23.0 Å². The van der Waals surface area contributed by atoms with Crippen LogP contribution in [0.1, 0.15) is 67.3 Å². The number of aldehydes is 1. The van der Waals surface area contributed by atoms with Crippen molar-refractivity contribution in [2.75, 3.05) is 0 Å². The minimum Gasteiger partial charge on any atom is -0.345 e. The highest BCUT2D eigenvalue weighted by Gasteiger charge is 2.34. The van der Waals surface area contributed by atoms with Gasteiger partial charge in [-0.05, 0) is 38.2 Å². The Morgan fingerprint density at radius 2 is 2.06 bits per heavy atom. The Balaban J connectivity index is 2.45. The van der Waals surface area contributed by atoms with Gasteiger partial charge in [0.15, 0.2) is 6.29 Å². The molecule has 1 unspecified atom stereocenters. The lowest BCUT2D eigenvalue weighted by atomic mass is 9.73. The quantitative estimate of drug-likeness (QED) is 0.706. The zero-order valence-electron chi connectivity index (χ0n) is 11.4. The van der Waals surface area contributed by atoms with E-state index < -0.39 is 0 Å². The molecule has 0 bridgehead atoms. The zero-order chi connectivity index (χ0) is 12.6. The molecule has 0 spiro atoms. The first-order valence-electron chi connectivity index (χ1n) is 6.61. The molecule has 94 valence electrons. The van der Waals surface area contributed by atoms with E-state index in [0.29, 0.717) is 11.5 Å². The van der Waals surface area contributed by atoms with Gasteiger partial charge >= 0.3 is 0 Å². The fourth-order valence-corrected chi connectivity index (χ4v) is 3.36. The van der Waals surface area contributed by atoms with E-state index in [9.17, 15) is 4.79 Å². The van der Waals surface area contributed by atoms with E-state index >= 15 is 0 Å². The van der Waals surface area contributed by atoms with Crippen molar-refractivity contribution < 1.29 is 4.79 Å². The van der Waals surface area contributed by atoms with Gasteiger partial charge in [0.1, 0.15) is 0 Å². The maximum absolute atomic E-state index is 11.0. The molecule has 2 heteroatoms. The van der Waals surface area contributed by atoms with Crippen LogP contribution in [0.15, 0.2) is 6.07 Å². The minimum absolute atomic E-state index is 0.340. The minimum atomic E-state index is 0.340. The molecule has 1 aliphatic carbocycles. The van der Waals surface area contributed by atoms with Crippen LogP contribution in [0.4, 0.5) is 0 Å². The summed E-state index contributed by atoms with van der Waals surface area (Å²) in [5.74, 6) is 0. The lowest BCUT2D eigenvalue weighted by Gasteiger charge is -2.41. The molecule has 0 N–H and O–H groups in total. The zero-order valence-corrected chi connectivity index (χ0v) is 11.4. The summed E-state index contributed by atoms with van der Waals surface area (Å²) in [7, 11) is 0. The van der Waals surface area contributed by atoms with E-state index in [1.165, 1.54) is 31.4 Å². The first-order chi connectivity index (χ1) is 7.97. The fraction of sp³-hybridized carbons (Fsp3) is 0.667. The van der Waals surface area contributed by atoms with E-state index in [-0.39, 0.29) is 0 Å². The number of carbonyl (C=O) groups is 1. The summed E-state index contributed by atoms with van der Waals surface area (Å²) in [6, 6.07) is 2.57. The highest BCUT2D eigenvalue weighted by molar-refractivity contribution is 5.77. The third kappa shape index (κ3) is 2.05. The monoisotopic (exact) mass is 233 g/mol. The molecule has 0 saturated heterocycles. The van der Waals surface area contributed by atoms with Crippen molar-refractivity contribution in [1.29, 1.82) is 0 Å². The predicted molar refractivity (Wildman–Crippen MR) is 70.6 cm³/mol. The number of aryl methyl sites for hydroxylation is 1. The Bertz CT molecular complexity index is 428. The van der Waals surface area contributed by atoms with Crippen LogP contribution < -0.4 is 0 Å². The van der Waals surface area contributed by atoms with Crippen molar-refractivity contribution >= 4 is 6.29 Å². The summed E-state index contributed by atoms with van der Waals surface area (Å²) in [6.45, 7) is 8.90. The second-order valence-corrected chi connectivity index (χ2v) is 6.06. The average Bonchev–Trinajstić information content (AvgIpc) is 2.54. The highest BCUT2D eigenvalue weighted by Crippen LogP contribution is 2.45. The molecule has 1 aromatic heterocycles. The molecule has 0 aromatic carbocycles. The van der Waals surface area contributed by atoms with Crippen molar-refractivity contribution in [3.63, 3.8) is 0 Å². The van der Waals surface area contributed by atoms with Crippen LogP contribution in [0, 0.1) is 19.3 Å². The Morgan fingerprint density at radius 3 is 2.59 bits per heavy atom. The average molecular weight is 233 g/mol. The molecule has 0 amide bonds. The van der Waals surface area contributed by atoms with Crippen molar-refractivity contribution in [2.24, 2.45) is 5.41 Å². The number of hydrogen-bond donors (Lipinski definition) is 0. The predicted octanol–water partition coefficient (Wildman–Crippen LogP) is 4.06. The number of hydrogen-bond acceptors (Lipinski definition) is 1. The Morgan fingerprint density at radius 1 is 1.35 bits per heavy atom. The van der Waals surface area contributed by atoms with Crippen LogP contribution in [0.5, 0.6) is 0 Å². The molecule has 1 fully saturated rings. The van der Waals surface area contributed by atoms with Crippen LogP contribution in [0.2, 0.25) is 0 Å². The molecule has 1 saturated carbocycles. The smallest absolute Gasteiger partial charge is 0.151 e. The highest BCUT2D eigenvalue weighted by atomic mass is 16.1. The van der Waals surface area contributed by atoms with Crippen LogP contribution in [-0.2, 0) is 0 Å². The molecule has 1 heterocycles. The van der Waals surface area contributed by atoms with Crippen LogP contribution >= 0.6 is 0 Å². The number of nitrogens with zero attached hydrogens (tertiary/aromatic N) is 1. The molecule has 1 atom stereocenters. The van der Waals surface area contributed by atoms with Gasteiger partial charge in [-0.15, -0.1) is 0 Å². The second-order valence-electron chi connectivity index (χ2n) is 6.06. The Hall–Kier alpha value is -1.05. The van der Waals surface area contributed by atoms with E-state index in [1.807, 2.05) is 6.07 Å². The van der Waals surface area contributed by atoms with Gasteiger partial charge < -0.3 is 4.57 Å². The van der Waals surface area contributed by atoms with Gasteiger partial charge in [-0.3, -0.25) is 4.79 Å². The number of carbonyl (C=O) groups excluding carboxylic acids is 1.